The summed E-state index contributed by atoms with van der Waals surface area (Å²) in [4.78, 5) is 19.8. The summed E-state index contributed by atoms with van der Waals surface area (Å²) in [5.41, 5.74) is 3.16. The quantitative estimate of drug-likeness (QED) is 0.422. The van der Waals surface area contributed by atoms with Crippen LogP contribution in [0.1, 0.15) is 23.2 Å². The first-order chi connectivity index (χ1) is 17.4. The number of alkyl halides is 2. The summed E-state index contributed by atoms with van der Waals surface area (Å²) in [6.07, 6.45) is 0.548. The zero-order valence-corrected chi connectivity index (χ0v) is 20.1. The number of anilines is 1. The van der Waals surface area contributed by atoms with Gasteiger partial charge in [0.1, 0.15) is 6.54 Å². The largest absolute Gasteiger partial charge is 0.379 e. The molecule has 1 fully saturated rings. The summed E-state index contributed by atoms with van der Waals surface area (Å²) in [7, 11) is 1.74. The number of benzene rings is 1. The Bertz CT molecular complexity index is 1390. The van der Waals surface area contributed by atoms with Crippen LogP contribution in [0.25, 0.3) is 22.3 Å². The third kappa shape index (κ3) is 5.12. The van der Waals surface area contributed by atoms with Crippen molar-refractivity contribution in [3.8, 4) is 11.3 Å². The molecule has 5 rings (SSSR count). The maximum atomic E-state index is 14.0. The molecule has 36 heavy (non-hydrogen) atoms. The number of pyridine rings is 1. The van der Waals surface area contributed by atoms with Crippen molar-refractivity contribution < 1.29 is 18.3 Å². The van der Waals surface area contributed by atoms with Gasteiger partial charge in [0, 0.05) is 49.7 Å². The number of ether oxygens (including phenoxy) is 1. The van der Waals surface area contributed by atoms with Crippen LogP contribution >= 0.6 is 0 Å². The Morgan fingerprint density at radius 3 is 2.75 bits per heavy atom. The van der Waals surface area contributed by atoms with Crippen molar-refractivity contribution >= 4 is 22.6 Å². The average molecular weight is 496 g/mol. The van der Waals surface area contributed by atoms with Crippen molar-refractivity contribution in [2.45, 2.75) is 26.4 Å². The van der Waals surface area contributed by atoms with Crippen LogP contribution in [0.4, 0.5) is 14.5 Å². The second kappa shape index (κ2) is 10.1. The van der Waals surface area contributed by atoms with Crippen LogP contribution < -0.4 is 5.32 Å². The Morgan fingerprint density at radius 1 is 1.22 bits per heavy atom. The van der Waals surface area contributed by atoms with Gasteiger partial charge >= 0.3 is 0 Å². The van der Waals surface area contributed by atoms with Crippen LogP contribution in [0.5, 0.6) is 0 Å². The predicted molar refractivity (Wildman–Crippen MR) is 131 cm³/mol. The summed E-state index contributed by atoms with van der Waals surface area (Å²) in [6, 6.07) is 9.04. The SMILES string of the molecule is Cc1nn(CC(=O)Nc2cccc(CN3CCOCC3)c2)c2nc(-c3cnn(C)c3)cc(C(F)F)c12. The van der Waals surface area contributed by atoms with E-state index in [0.29, 0.717) is 22.6 Å². The van der Waals surface area contributed by atoms with Crippen LogP contribution in [-0.4, -0.2) is 61.7 Å². The smallest absolute Gasteiger partial charge is 0.264 e. The van der Waals surface area contributed by atoms with Crippen molar-refractivity contribution in [1.82, 2.24) is 29.4 Å². The van der Waals surface area contributed by atoms with Crippen LogP contribution in [0, 0.1) is 6.92 Å². The second-order valence-electron chi connectivity index (χ2n) is 8.88. The van der Waals surface area contributed by atoms with Gasteiger partial charge in [0.05, 0.1) is 36.2 Å². The van der Waals surface area contributed by atoms with Gasteiger partial charge in [-0.1, -0.05) is 12.1 Å². The summed E-state index contributed by atoms with van der Waals surface area (Å²) in [6.45, 7) is 5.43. The molecule has 188 valence electrons. The van der Waals surface area contributed by atoms with E-state index in [9.17, 15) is 13.6 Å². The number of rotatable bonds is 7. The molecule has 11 heteroatoms. The molecule has 9 nitrogen and oxygen atoms in total. The van der Waals surface area contributed by atoms with Crippen LogP contribution in [0.15, 0.2) is 42.7 Å². The van der Waals surface area contributed by atoms with Crippen LogP contribution in [0.3, 0.4) is 0 Å². The zero-order valence-electron chi connectivity index (χ0n) is 20.1. The molecule has 0 unspecified atom stereocenters. The molecule has 0 bridgehead atoms. The number of hydrogen-bond acceptors (Lipinski definition) is 6. The molecule has 0 aliphatic carbocycles. The number of nitrogens with zero attached hydrogens (tertiary/aromatic N) is 6. The summed E-state index contributed by atoms with van der Waals surface area (Å²) in [5, 5.41) is 11.6. The Morgan fingerprint density at radius 2 is 2.03 bits per heavy atom. The number of nitrogens with one attached hydrogen (secondary N) is 1. The maximum Gasteiger partial charge on any atom is 0.264 e. The van der Waals surface area contributed by atoms with E-state index in [-0.39, 0.29) is 29.0 Å². The Labute approximate surface area is 206 Å². The number of hydrogen-bond donors (Lipinski definition) is 1. The number of carbonyl (C=O) groups excluding carboxylic acids is 1. The van der Waals surface area contributed by atoms with Gasteiger partial charge < -0.3 is 10.1 Å². The normalized spacial score (nSPS) is 14.6. The van der Waals surface area contributed by atoms with E-state index in [1.165, 1.54) is 10.7 Å². The molecular weight excluding hydrogens is 468 g/mol. The fourth-order valence-electron chi connectivity index (χ4n) is 4.47. The highest BCUT2D eigenvalue weighted by Crippen LogP contribution is 2.33. The highest BCUT2D eigenvalue weighted by atomic mass is 19.3. The van der Waals surface area contributed by atoms with Crippen LogP contribution in [0.2, 0.25) is 0 Å². The van der Waals surface area contributed by atoms with Gasteiger partial charge in [-0.2, -0.15) is 10.2 Å². The maximum absolute atomic E-state index is 14.0. The molecule has 3 aromatic heterocycles. The van der Waals surface area contributed by atoms with Crippen molar-refractivity contribution in [2.75, 3.05) is 31.6 Å². The molecule has 1 aromatic carbocycles. The van der Waals surface area contributed by atoms with E-state index >= 15 is 0 Å². The number of morpholine rings is 1. The third-order valence-corrected chi connectivity index (χ3v) is 6.16. The van der Waals surface area contributed by atoms with Crippen molar-refractivity contribution in [1.29, 1.82) is 0 Å². The minimum atomic E-state index is -2.72. The number of fused-ring (bicyclic) bond motifs is 1. The Hall–Kier alpha value is -3.70. The molecule has 1 N–H and O–H groups in total. The number of halogens is 2. The molecule has 0 saturated carbocycles. The molecule has 1 aliphatic heterocycles. The molecule has 4 aromatic rings. The Kier molecular flexibility index (Phi) is 6.75. The number of aryl methyl sites for hydroxylation is 2. The fraction of sp³-hybridized carbons (Fsp3) is 0.360. The molecule has 1 amide bonds. The van der Waals surface area contributed by atoms with Crippen molar-refractivity contribution in [3.05, 3.63) is 59.5 Å². The monoisotopic (exact) mass is 495 g/mol. The van der Waals surface area contributed by atoms with E-state index in [4.69, 9.17) is 4.74 Å². The predicted octanol–water partition coefficient (Wildman–Crippen LogP) is 3.55. The molecule has 0 radical (unpaired) electrons. The molecule has 0 atom stereocenters. The number of aromatic nitrogens is 5. The van der Waals surface area contributed by atoms with E-state index < -0.39 is 6.43 Å². The fourth-order valence-corrected chi connectivity index (χ4v) is 4.47. The highest BCUT2D eigenvalue weighted by Gasteiger charge is 2.22. The standard InChI is InChI=1S/C25H27F2N7O2/c1-16-23-20(24(26)27)11-21(18-12-28-32(2)14-18)30-25(23)34(31-16)15-22(35)29-19-5-3-4-17(10-19)13-33-6-8-36-9-7-33/h3-5,10-12,14,24H,6-9,13,15H2,1-2H3,(H,29,35). The lowest BCUT2D eigenvalue weighted by Crippen LogP contribution is -2.35. The minimum Gasteiger partial charge on any atom is -0.379 e. The van der Waals surface area contributed by atoms with Crippen LogP contribution in [-0.2, 0) is 29.7 Å². The van der Waals surface area contributed by atoms with Crippen molar-refractivity contribution in [3.63, 3.8) is 0 Å². The summed E-state index contributed by atoms with van der Waals surface area (Å²) in [5.74, 6) is -0.324. The molecule has 4 heterocycles. The first-order valence-corrected chi connectivity index (χ1v) is 11.7. The first-order valence-electron chi connectivity index (χ1n) is 11.7. The minimum absolute atomic E-state index is 0.162. The van der Waals surface area contributed by atoms with Gasteiger partial charge in [-0.3, -0.25) is 14.4 Å². The highest BCUT2D eigenvalue weighted by molar-refractivity contribution is 5.92. The van der Waals surface area contributed by atoms with Gasteiger partial charge in [0.15, 0.2) is 5.65 Å². The van der Waals surface area contributed by atoms with E-state index in [1.54, 1.807) is 31.0 Å². The lowest BCUT2D eigenvalue weighted by Gasteiger charge is -2.26. The van der Waals surface area contributed by atoms with Gasteiger partial charge in [0.2, 0.25) is 5.91 Å². The molecule has 1 saturated heterocycles. The van der Waals surface area contributed by atoms with Gasteiger partial charge in [-0.15, -0.1) is 0 Å². The van der Waals surface area contributed by atoms with Gasteiger partial charge in [-0.05, 0) is 30.7 Å². The zero-order chi connectivity index (χ0) is 25.2. The summed E-state index contributed by atoms with van der Waals surface area (Å²) >= 11 is 0. The molecule has 0 spiro atoms. The average Bonchev–Trinajstić information content (AvgIpc) is 3.42. The third-order valence-electron chi connectivity index (χ3n) is 6.16. The topological polar surface area (TPSA) is 90.1 Å². The molecular formula is C25H27F2N7O2. The second-order valence-corrected chi connectivity index (χ2v) is 8.88. The van der Waals surface area contributed by atoms with Crippen molar-refractivity contribution in [2.24, 2.45) is 7.05 Å². The number of carbonyl (C=O) groups is 1. The Balaban J connectivity index is 1.38. The molecule has 1 aliphatic rings. The van der Waals surface area contributed by atoms with E-state index in [1.807, 2.05) is 24.3 Å². The van der Waals surface area contributed by atoms with Gasteiger partial charge in [-0.25, -0.2) is 18.4 Å². The lowest BCUT2D eigenvalue weighted by molar-refractivity contribution is -0.116. The number of amides is 1. The van der Waals surface area contributed by atoms with Gasteiger partial charge in [0.25, 0.3) is 6.43 Å². The van der Waals surface area contributed by atoms with E-state index in [2.05, 4.69) is 25.4 Å². The first kappa shape index (κ1) is 24.0. The van der Waals surface area contributed by atoms with E-state index in [0.717, 1.165) is 38.4 Å². The summed E-state index contributed by atoms with van der Waals surface area (Å²) < 4.78 is 36.3. The lowest BCUT2D eigenvalue weighted by atomic mass is 10.1.